The van der Waals surface area contributed by atoms with Gasteiger partial charge in [0.1, 0.15) is 0 Å². The summed E-state index contributed by atoms with van der Waals surface area (Å²) in [5.74, 6) is 0.298. The number of aryl methyl sites for hydroxylation is 1. The number of hydrogen-bond donors (Lipinski definition) is 0. The summed E-state index contributed by atoms with van der Waals surface area (Å²) < 4.78 is 31.7. The molecule has 6 heteroatoms. The monoisotopic (exact) mass is 319 g/mol. The van der Waals surface area contributed by atoms with E-state index in [4.69, 9.17) is 16.3 Å². The summed E-state index contributed by atoms with van der Waals surface area (Å²) in [6.45, 7) is 6.89. The summed E-state index contributed by atoms with van der Waals surface area (Å²) in [4.78, 5) is 0.326. The van der Waals surface area contributed by atoms with E-state index in [1.54, 1.807) is 13.1 Å². The first-order valence-corrected chi connectivity index (χ1v) is 8.52. The molecule has 0 aliphatic heterocycles. The molecule has 0 atom stereocenters. The first-order valence-electron chi connectivity index (χ1n) is 6.54. The maximum Gasteiger partial charge on any atom is 0.243 e. The fourth-order valence-corrected chi connectivity index (χ4v) is 3.52. The Labute approximate surface area is 126 Å². The van der Waals surface area contributed by atoms with Crippen LogP contribution in [0.3, 0.4) is 0 Å². The number of hydrogen-bond acceptors (Lipinski definition) is 3. The molecule has 4 nitrogen and oxygen atoms in total. The number of halogens is 1. The smallest absolute Gasteiger partial charge is 0.243 e. The molecule has 0 spiro atoms. The Balaban J connectivity index is 3.11. The largest absolute Gasteiger partial charge is 0.380 e. The summed E-state index contributed by atoms with van der Waals surface area (Å²) in [7, 11) is -1.94. The lowest BCUT2D eigenvalue weighted by Gasteiger charge is -2.20. The van der Waals surface area contributed by atoms with E-state index in [9.17, 15) is 8.42 Å². The minimum atomic E-state index is -3.51. The van der Waals surface area contributed by atoms with Crippen molar-refractivity contribution >= 4 is 21.6 Å². The summed E-state index contributed by atoms with van der Waals surface area (Å²) in [5.41, 5.74) is 2.51. The molecule has 0 unspecified atom stereocenters. The molecule has 114 valence electrons. The Morgan fingerprint density at radius 3 is 2.50 bits per heavy atom. The quantitative estimate of drug-likeness (QED) is 0.573. The zero-order valence-electron chi connectivity index (χ0n) is 12.4. The molecule has 20 heavy (non-hydrogen) atoms. The van der Waals surface area contributed by atoms with Crippen LogP contribution < -0.4 is 0 Å². The molecule has 0 saturated carbocycles. The van der Waals surface area contributed by atoms with Crippen molar-refractivity contribution in [2.75, 3.05) is 26.8 Å². The van der Waals surface area contributed by atoms with Crippen LogP contribution in [0.25, 0.3) is 0 Å². The Bertz CT molecular complexity index is 558. The highest BCUT2D eigenvalue weighted by molar-refractivity contribution is 7.89. The van der Waals surface area contributed by atoms with E-state index in [1.165, 1.54) is 4.31 Å². The SMILES string of the molecule is CCOCCN(C)S(=O)(=O)c1cc(CCl)cc(C)c1C. The average Bonchev–Trinajstić information content (AvgIpc) is 2.41. The number of alkyl halides is 1. The van der Waals surface area contributed by atoms with Crippen LogP contribution >= 0.6 is 11.6 Å². The van der Waals surface area contributed by atoms with Crippen molar-refractivity contribution in [2.24, 2.45) is 0 Å². The molecule has 0 aromatic heterocycles. The van der Waals surface area contributed by atoms with Crippen molar-refractivity contribution in [3.8, 4) is 0 Å². The van der Waals surface area contributed by atoms with Gasteiger partial charge in [0.25, 0.3) is 0 Å². The van der Waals surface area contributed by atoms with Gasteiger partial charge < -0.3 is 4.74 Å². The number of benzene rings is 1. The van der Waals surface area contributed by atoms with Crippen LogP contribution in [0.2, 0.25) is 0 Å². The molecule has 0 fully saturated rings. The number of ether oxygens (including phenoxy) is 1. The van der Waals surface area contributed by atoms with E-state index in [0.29, 0.717) is 30.5 Å². The molecule has 0 N–H and O–H groups in total. The van der Waals surface area contributed by atoms with Crippen molar-refractivity contribution in [3.63, 3.8) is 0 Å². The Morgan fingerprint density at radius 1 is 1.30 bits per heavy atom. The van der Waals surface area contributed by atoms with Crippen LogP contribution in [0.15, 0.2) is 17.0 Å². The number of sulfonamides is 1. The Hall–Kier alpha value is -0.620. The van der Waals surface area contributed by atoms with Crippen LogP contribution in [0, 0.1) is 13.8 Å². The van der Waals surface area contributed by atoms with Crippen molar-refractivity contribution in [1.82, 2.24) is 4.31 Å². The van der Waals surface area contributed by atoms with E-state index in [-0.39, 0.29) is 0 Å². The van der Waals surface area contributed by atoms with Gasteiger partial charge in [-0.2, -0.15) is 4.31 Å². The molecule has 0 aliphatic rings. The number of nitrogens with zero attached hydrogens (tertiary/aromatic N) is 1. The van der Waals surface area contributed by atoms with Gasteiger partial charge in [0.15, 0.2) is 0 Å². The van der Waals surface area contributed by atoms with Gasteiger partial charge in [-0.05, 0) is 43.5 Å². The van der Waals surface area contributed by atoms with Crippen LogP contribution in [-0.4, -0.2) is 39.5 Å². The third-order valence-corrected chi connectivity index (χ3v) is 5.57. The minimum absolute atomic E-state index is 0.298. The third kappa shape index (κ3) is 3.95. The lowest BCUT2D eigenvalue weighted by molar-refractivity contribution is 0.138. The van der Waals surface area contributed by atoms with Gasteiger partial charge in [-0.3, -0.25) is 0 Å². The fourth-order valence-electron chi connectivity index (χ4n) is 1.87. The van der Waals surface area contributed by atoms with Gasteiger partial charge in [-0.25, -0.2) is 8.42 Å². The number of rotatable bonds is 7. The predicted octanol–water partition coefficient (Wildman–Crippen LogP) is 2.70. The van der Waals surface area contributed by atoms with Gasteiger partial charge in [-0.1, -0.05) is 6.07 Å². The summed E-state index contributed by atoms with van der Waals surface area (Å²) in [5, 5.41) is 0. The molecule has 0 radical (unpaired) electrons. The number of likely N-dealkylation sites (N-methyl/N-ethyl adjacent to an activating group) is 1. The normalized spacial score (nSPS) is 12.1. The molecule has 0 bridgehead atoms. The average molecular weight is 320 g/mol. The van der Waals surface area contributed by atoms with Gasteiger partial charge in [-0.15, -0.1) is 11.6 Å². The standard InChI is InChI=1S/C14H22ClNO3S/c1-5-19-7-6-16(4)20(17,18)14-9-13(10-15)8-11(2)12(14)3/h8-9H,5-7,10H2,1-4H3. The first-order chi connectivity index (χ1) is 9.34. The van der Waals surface area contributed by atoms with Crippen LogP contribution in [0.5, 0.6) is 0 Å². The van der Waals surface area contributed by atoms with Crippen LogP contribution in [0.4, 0.5) is 0 Å². The molecule has 0 saturated heterocycles. The van der Waals surface area contributed by atoms with Gasteiger partial charge >= 0.3 is 0 Å². The van der Waals surface area contributed by atoms with Gasteiger partial charge in [0, 0.05) is 26.1 Å². The van der Waals surface area contributed by atoms with E-state index >= 15 is 0 Å². The highest BCUT2D eigenvalue weighted by Crippen LogP contribution is 2.24. The van der Waals surface area contributed by atoms with Crippen molar-refractivity contribution in [2.45, 2.75) is 31.5 Å². The Kier molecular flexibility index (Phi) is 6.45. The highest BCUT2D eigenvalue weighted by Gasteiger charge is 2.23. The molecule has 1 rings (SSSR count). The first kappa shape index (κ1) is 17.4. The van der Waals surface area contributed by atoms with Gasteiger partial charge in [0.2, 0.25) is 10.0 Å². The van der Waals surface area contributed by atoms with E-state index < -0.39 is 10.0 Å². The molecule has 1 aromatic carbocycles. The zero-order valence-corrected chi connectivity index (χ0v) is 14.0. The van der Waals surface area contributed by atoms with Crippen LogP contribution in [0.1, 0.15) is 23.6 Å². The maximum absolute atomic E-state index is 12.6. The Morgan fingerprint density at radius 2 is 1.95 bits per heavy atom. The predicted molar refractivity (Wildman–Crippen MR) is 81.8 cm³/mol. The van der Waals surface area contributed by atoms with Crippen molar-refractivity contribution in [3.05, 3.63) is 28.8 Å². The second-order valence-electron chi connectivity index (χ2n) is 4.69. The third-order valence-electron chi connectivity index (χ3n) is 3.28. The maximum atomic E-state index is 12.6. The summed E-state index contributed by atoms with van der Waals surface area (Å²) in [6, 6.07) is 3.57. The molecular weight excluding hydrogens is 298 g/mol. The second-order valence-corrected chi connectivity index (χ2v) is 6.97. The summed E-state index contributed by atoms with van der Waals surface area (Å²) >= 11 is 5.83. The van der Waals surface area contributed by atoms with Gasteiger partial charge in [0.05, 0.1) is 11.5 Å². The van der Waals surface area contributed by atoms with Crippen molar-refractivity contribution < 1.29 is 13.2 Å². The van der Waals surface area contributed by atoms with Crippen molar-refractivity contribution in [1.29, 1.82) is 0 Å². The lowest BCUT2D eigenvalue weighted by Crippen LogP contribution is -2.31. The minimum Gasteiger partial charge on any atom is -0.380 e. The lowest BCUT2D eigenvalue weighted by atomic mass is 10.1. The van der Waals surface area contributed by atoms with E-state index in [2.05, 4.69) is 0 Å². The van der Waals surface area contributed by atoms with E-state index in [0.717, 1.165) is 16.7 Å². The van der Waals surface area contributed by atoms with E-state index in [1.807, 2.05) is 26.8 Å². The summed E-state index contributed by atoms with van der Waals surface area (Å²) in [6.07, 6.45) is 0. The molecule has 0 aliphatic carbocycles. The highest BCUT2D eigenvalue weighted by atomic mass is 35.5. The topological polar surface area (TPSA) is 46.6 Å². The van der Waals surface area contributed by atoms with Crippen LogP contribution in [-0.2, 0) is 20.6 Å². The fraction of sp³-hybridized carbons (Fsp3) is 0.571. The molecule has 1 aromatic rings. The second kappa shape index (κ2) is 7.41. The molecular formula is C14H22ClNO3S. The molecule has 0 heterocycles. The zero-order chi connectivity index (χ0) is 15.3. The molecule has 0 amide bonds.